The number of para-hydroxylation sites is 1. The van der Waals surface area contributed by atoms with Gasteiger partial charge in [0.2, 0.25) is 5.91 Å². The van der Waals surface area contributed by atoms with Gasteiger partial charge in [0.05, 0.1) is 0 Å². The molecule has 0 spiro atoms. The van der Waals surface area contributed by atoms with Crippen LogP contribution in [0.4, 0.5) is 5.69 Å². The maximum absolute atomic E-state index is 12.4. The number of carbonyl (C=O) groups is 1. The first kappa shape index (κ1) is 15.1. The number of rotatable bonds is 4. The molecule has 0 unspecified atom stereocenters. The molecule has 0 aliphatic carbocycles. The fourth-order valence-corrected chi connectivity index (χ4v) is 3.62. The third-order valence-electron chi connectivity index (χ3n) is 4.14. The van der Waals surface area contributed by atoms with Gasteiger partial charge in [0.1, 0.15) is 0 Å². The largest absolute Gasteiger partial charge is 0.370 e. The molecule has 0 saturated carbocycles. The Labute approximate surface area is 136 Å². The first-order valence-corrected chi connectivity index (χ1v) is 8.81. The van der Waals surface area contributed by atoms with E-state index in [1.54, 1.807) is 11.3 Å². The molecular formula is C18H22N2OS. The van der Waals surface area contributed by atoms with Crippen LogP contribution in [0.1, 0.15) is 17.7 Å². The monoisotopic (exact) mass is 314 g/mol. The van der Waals surface area contributed by atoms with Crippen molar-refractivity contribution in [3.05, 3.63) is 52.7 Å². The Balaban J connectivity index is 1.52. The lowest BCUT2D eigenvalue weighted by atomic mass is 10.2. The summed E-state index contributed by atoms with van der Waals surface area (Å²) in [5.74, 6) is 0.295. The smallest absolute Gasteiger partial charge is 0.222 e. The van der Waals surface area contributed by atoms with Crippen molar-refractivity contribution >= 4 is 22.9 Å². The average molecular weight is 314 g/mol. The summed E-state index contributed by atoms with van der Waals surface area (Å²) in [7, 11) is 0. The highest BCUT2D eigenvalue weighted by Gasteiger charge is 2.19. The number of thiophene rings is 1. The SMILES string of the molecule is O=C(CCc1cccs1)N1CCCN(c2ccccc2)CC1. The second-order valence-electron chi connectivity index (χ2n) is 5.64. The zero-order chi connectivity index (χ0) is 15.2. The molecular weight excluding hydrogens is 292 g/mol. The lowest BCUT2D eigenvalue weighted by Crippen LogP contribution is -2.35. The number of nitrogens with zero attached hydrogens (tertiary/aromatic N) is 2. The highest BCUT2D eigenvalue weighted by Crippen LogP contribution is 2.17. The minimum atomic E-state index is 0.295. The predicted octanol–water partition coefficient (Wildman–Crippen LogP) is 3.42. The Hall–Kier alpha value is -1.81. The average Bonchev–Trinajstić information content (AvgIpc) is 2.96. The Morgan fingerprint density at radius 3 is 2.64 bits per heavy atom. The normalized spacial score (nSPS) is 15.6. The number of hydrogen-bond acceptors (Lipinski definition) is 3. The summed E-state index contributed by atoms with van der Waals surface area (Å²) in [5.41, 5.74) is 1.26. The molecule has 0 atom stereocenters. The van der Waals surface area contributed by atoms with Crippen molar-refractivity contribution in [1.29, 1.82) is 0 Å². The quantitative estimate of drug-likeness (QED) is 0.863. The van der Waals surface area contributed by atoms with Crippen LogP contribution in [0.15, 0.2) is 47.8 Å². The highest BCUT2D eigenvalue weighted by molar-refractivity contribution is 7.09. The molecule has 3 rings (SSSR count). The summed E-state index contributed by atoms with van der Waals surface area (Å²) >= 11 is 1.73. The van der Waals surface area contributed by atoms with Gasteiger partial charge in [-0.3, -0.25) is 4.79 Å². The maximum Gasteiger partial charge on any atom is 0.222 e. The molecule has 116 valence electrons. The molecule has 0 radical (unpaired) electrons. The van der Waals surface area contributed by atoms with Crippen molar-refractivity contribution in [1.82, 2.24) is 4.90 Å². The van der Waals surface area contributed by atoms with E-state index in [0.29, 0.717) is 12.3 Å². The Morgan fingerprint density at radius 2 is 1.86 bits per heavy atom. The fraction of sp³-hybridized carbons (Fsp3) is 0.389. The number of amides is 1. The zero-order valence-corrected chi connectivity index (χ0v) is 13.6. The van der Waals surface area contributed by atoms with E-state index in [4.69, 9.17) is 0 Å². The standard InChI is InChI=1S/C18H22N2OS/c21-18(10-9-17-8-4-15-22-17)20-12-5-11-19(13-14-20)16-6-2-1-3-7-16/h1-4,6-8,15H,5,9-14H2. The first-order valence-electron chi connectivity index (χ1n) is 7.93. The molecule has 1 aliphatic rings. The van der Waals surface area contributed by atoms with Crippen molar-refractivity contribution in [2.24, 2.45) is 0 Å². The van der Waals surface area contributed by atoms with E-state index in [-0.39, 0.29) is 0 Å². The minimum Gasteiger partial charge on any atom is -0.370 e. The first-order chi connectivity index (χ1) is 10.8. The van der Waals surface area contributed by atoms with Crippen LogP contribution in [0.2, 0.25) is 0 Å². The number of hydrogen-bond donors (Lipinski definition) is 0. The van der Waals surface area contributed by atoms with Crippen LogP contribution < -0.4 is 4.90 Å². The molecule has 1 amide bonds. The van der Waals surface area contributed by atoms with Crippen LogP contribution in [-0.4, -0.2) is 37.0 Å². The van der Waals surface area contributed by atoms with Gasteiger partial charge < -0.3 is 9.80 Å². The number of aryl methyl sites for hydroxylation is 1. The molecule has 1 fully saturated rings. The molecule has 3 nitrogen and oxygen atoms in total. The summed E-state index contributed by atoms with van der Waals surface area (Å²) in [4.78, 5) is 18.1. The molecule has 0 N–H and O–H groups in total. The third-order valence-corrected chi connectivity index (χ3v) is 5.07. The van der Waals surface area contributed by atoms with E-state index in [0.717, 1.165) is 39.0 Å². The summed E-state index contributed by atoms with van der Waals surface area (Å²) in [6.07, 6.45) is 2.54. The van der Waals surface area contributed by atoms with Gasteiger partial charge in [0.15, 0.2) is 0 Å². The van der Waals surface area contributed by atoms with Crippen LogP contribution in [0.3, 0.4) is 0 Å². The van der Waals surface area contributed by atoms with Crippen molar-refractivity contribution in [2.75, 3.05) is 31.1 Å². The lowest BCUT2D eigenvalue weighted by Gasteiger charge is -2.23. The lowest BCUT2D eigenvalue weighted by molar-refractivity contribution is -0.130. The van der Waals surface area contributed by atoms with Crippen molar-refractivity contribution < 1.29 is 4.79 Å². The van der Waals surface area contributed by atoms with E-state index in [1.807, 2.05) is 17.0 Å². The zero-order valence-electron chi connectivity index (χ0n) is 12.8. The molecule has 4 heteroatoms. The Morgan fingerprint density at radius 1 is 1.00 bits per heavy atom. The number of carbonyl (C=O) groups excluding carboxylic acids is 1. The summed E-state index contributed by atoms with van der Waals surface area (Å²) < 4.78 is 0. The van der Waals surface area contributed by atoms with Gasteiger partial charge in [-0.1, -0.05) is 24.3 Å². The summed E-state index contributed by atoms with van der Waals surface area (Å²) in [5, 5.41) is 2.07. The Kier molecular flexibility index (Phi) is 5.11. The molecule has 1 saturated heterocycles. The van der Waals surface area contributed by atoms with Gasteiger partial charge in [0, 0.05) is 43.2 Å². The fourth-order valence-electron chi connectivity index (χ4n) is 2.91. The molecule has 2 aromatic rings. The van der Waals surface area contributed by atoms with Crippen molar-refractivity contribution in [2.45, 2.75) is 19.3 Å². The second kappa shape index (κ2) is 7.45. The topological polar surface area (TPSA) is 23.6 Å². The summed E-state index contributed by atoms with van der Waals surface area (Å²) in [6.45, 7) is 3.66. The van der Waals surface area contributed by atoms with Gasteiger partial charge in [-0.2, -0.15) is 0 Å². The third kappa shape index (κ3) is 3.89. The molecule has 1 aliphatic heterocycles. The van der Waals surface area contributed by atoms with Gasteiger partial charge in [-0.25, -0.2) is 0 Å². The van der Waals surface area contributed by atoms with E-state index < -0.39 is 0 Å². The van der Waals surface area contributed by atoms with Gasteiger partial charge in [-0.05, 0) is 36.4 Å². The Bertz CT molecular complexity index is 582. The van der Waals surface area contributed by atoms with Gasteiger partial charge in [-0.15, -0.1) is 11.3 Å². The van der Waals surface area contributed by atoms with E-state index >= 15 is 0 Å². The summed E-state index contributed by atoms with van der Waals surface area (Å²) in [6, 6.07) is 14.6. The highest BCUT2D eigenvalue weighted by atomic mass is 32.1. The second-order valence-corrected chi connectivity index (χ2v) is 6.67. The van der Waals surface area contributed by atoms with E-state index in [1.165, 1.54) is 10.6 Å². The van der Waals surface area contributed by atoms with Crippen molar-refractivity contribution in [3.63, 3.8) is 0 Å². The molecule has 1 aromatic carbocycles. The van der Waals surface area contributed by atoms with Crippen LogP contribution in [0.25, 0.3) is 0 Å². The molecule has 22 heavy (non-hydrogen) atoms. The number of anilines is 1. The predicted molar refractivity (Wildman–Crippen MR) is 92.5 cm³/mol. The van der Waals surface area contributed by atoms with Crippen LogP contribution in [-0.2, 0) is 11.2 Å². The van der Waals surface area contributed by atoms with Crippen LogP contribution in [0.5, 0.6) is 0 Å². The molecule has 1 aromatic heterocycles. The maximum atomic E-state index is 12.4. The van der Waals surface area contributed by atoms with E-state index in [9.17, 15) is 4.79 Å². The molecule has 2 heterocycles. The van der Waals surface area contributed by atoms with Crippen LogP contribution >= 0.6 is 11.3 Å². The van der Waals surface area contributed by atoms with Crippen molar-refractivity contribution in [3.8, 4) is 0 Å². The van der Waals surface area contributed by atoms with Gasteiger partial charge in [0.25, 0.3) is 0 Å². The number of benzene rings is 1. The van der Waals surface area contributed by atoms with Crippen LogP contribution in [0, 0.1) is 0 Å². The minimum absolute atomic E-state index is 0.295. The van der Waals surface area contributed by atoms with Gasteiger partial charge >= 0.3 is 0 Å². The molecule has 0 bridgehead atoms. The van der Waals surface area contributed by atoms with E-state index in [2.05, 4.69) is 40.6 Å².